The molecule has 0 fully saturated rings. The van der Waals surface area contributed by atoms with E-state index >= 15 is 4.39 Å². The van der Waals surface area contributed by atoms with Crippen molar-refractivity contribution >= 4 is 6.09 Å². The summed E-state index contributed by atoms with van der Waals surface area (Å²) in [5.41, 5.74) is -3.27. The second-order valence-electron chi connectivity index (χ2n) is 13.0. The molecule has 0 aliphatic rings. The third-order valence-corrected chi connectivity index (χ3v) is 8.07. The molecule has 12 heteroatoms. The van der Waals surface area contributed by atoms with Crippen LogP contribution in [0.4, 0.5) is 22.4 Å². The van der Waals surface area contributed by atoms with Crippen LogP contribution in [-0.2, 0) is 24.0 Å². The third-order valence-electron chi connectivity index (χ3n) is 8.07. The zero-order valence-electron chi connectivity index (χ0n) is 27.9. The number of halogens is 4. The number of rotatable bonds is 8. The molecular weight excluding hydrogens is 630 g/mol. The van der Waals surface area contributed by atoms with Crippen molar-refractivity contribution in [1.29, 1.82) is 0 Å². The summed E-state index contributed by atoms with van der Waals surface area (Å²) in [5.74, 6) is -1.35. The average molecular weight is 670 g/mol. The van der Waals surface area contributed by atoms with Gasteiger partial charge in [-0.3, -0.25) is 13.9 Å². The number of carbonyl (C=O) groups is 1. The number of aromatic nitrogens is 2. The number of amides is 1. The number of phenolic OH excluding ortho intramolecular Hbond substituents is 1. The van der Waals surface area contributed by atoms with Crippen molar-refractivity contribution in [2.24, 2.45) is 0 Å². The Morgan fingerprint density at radius 1 is 0.958 bits per heavy atom. The predicted molar refractivity (Wildman–Crippen MR) is 175 cm³/mol. The van der Waals surface area contributed by atoms with Crippen molar-refractivity contribution in [1.82, 2.24) is 14.0 Å². The first-order valence-electron chi connectivity index (χ1n) is 15.3. The Bertz CT molecular complexity index is 1940. The highest BCUT2D eigenvalue weighted by Gasteiger charge is 2.35. The Kier molecular flexibility index (Phi) is 10.3. The molecule has 0 spiro atoms. The first-order valence-corrected chi connectivity index (χ1v) is 15.3. The van der Waals surface area contributed by atoms with Gasteiger partial charge in [-0.25, -0.2) is 14.0 Å². The number of carbonyl (C=O) groups excluding carboxylic acids is 1. The Morgan fingerprint density at radius 2 is 1.60 bits per heavy atom. The third kappa shape index (κ3) is 7.64. The average Bonchev–Trinajstić information content (AvgIpc) is 2.99. The summed E-state index contributed by atoms with van der Waals surface area (Å²) in [5, 5.41) is 10.8. The van der Waals surface area contributed by atoms with E-state index in [0.717, 1.165) is 37.8 Å². The van der Waals surface area contributed by atoms with Crippen molar-refractivity contribution < 1.29 is 32.2 Å². The summed E-state index contributed by atoms with van der Waals surface area (Å²) in [4.78, 5) is 43.0. The summed E-state index contributed by atoms with van der Waals surface area (Å²) in [7, 11) is 1.38. The van der Waals surface area contributed by atoms with E-state index in [9.17, 15) is 32.7 Å². The van der Waals surface area contributed by atoms with Gasteiger partial charge in [0, 0.05) is 23.9 Å². The van der Waals surface area contributed by atoms with Crippen LogP contribution in [0.2, 0.25) is 0 Å². The summed E-state index contributed by atoms with van der Waals surface area (Å²) >= 11 is 0. The van der Waals surface area contributed by atoms with E-state index in [-0.39, 0.29) is 28.5 Å². The van der Waals surface area contributed by atoms with Gasteiger partial charge in [0.1, 0.15) is 17.2 Å². The fraction of sp³-hybridized carbons (Fsp3) is 0.361. The minimum absolute atomic E-state index is 0.0120. The van der Waals surface area contributed by atoms with Crippen LogP contribution in [-0.4, -0.2) is 37.9 Å². The van der Waals surface area contributed by atoms with Crippen LogP contribution >= 0.6 is 0 Å². The number of phenols is 1. The molecule has 1 unspecified atom stereocenters. The minimum Gasteiger partial charge on any atom is -0.508 e. The van der Waals surface area contributed by atoms with E-state index in [1.54, 1.807) is 51.1 Å². The van der Waals surface area contributed by atoms with Gasteiger partial charge in [-0.2, -0.15) is 13.2 Å². The van der Waals surface area contributed by atoms with Crippen molar-refractivity contribution in [2.75, 3.05) is 7.05 Å². The molecule has 0 aliphatic carbocycles. The largest absolute Gasteiger partial charge is 0.508 e. The van der Waals surface area contributed by atoms with Gasteiger partial charge >= 0.3 is 18.0 Å². The van der Waals surface area contributed by atoms with Gasteiger partial charge in [-0.15, -0.1) is 0 Å². The van der Waals surface area contributed by atoms with Crippen LogP contribution in [0.1, 0.15) is 74.5 Å². The summed E-state index contributed by atoms with van der Waals surface area (Å²) in [6.45, 7) is 8.94. The van der Waals surface area contributed by atoms with Crippen LogP contribution in [0.3, 0.4) is 0 Å². The number of aromatic hydroxyl groups is 1. The Morgan fingerprint density at radius 3 is 2.21 bits per heavy atom. The molecule has 3 aromatic carbocycles. The lowest BCUT2D eigenvalue weighted by Gasteiger charge is -2.32. The van der Waals surface area contributed by atoms with Gasteiger partial charge in [0.2, 0.25) is 0 Å². The molecule has 1 atom stereocenters. The summed E-state index contributed by atoms with van der Waals surface area (Å²) < 4.78 is 64.5. The van der Waals surface area contributed by atoms with Gasteiger partial charge in [-0.1, -0.05) is 62.4 Å². The Labute approximate surface area is 275 Å². The molecule has 4 rings (SSSR count). The smallest absolute Gasteiger partial charge is 0.416 e. The van der Waals surface area contributed by atoms with Gasteiger partial charge in [0.15, 0.2) is 0 Å². The van der Waals surface area contributed by atoms with E-state index in [0.29, 0.717) is 5.56 Å². The molecule has 1 heterocycles. The number of hydrogen-bond acceptors (Lipinski definition) is 5. The molecule has 256 valence electrons. The molecular formula is C36H39F4N3O5. The quantitative estimate of drug-likeness (QED) is 0.195. The molecule has 1 N–H and O–H groups in total. The molecule has 0 aliphatic heterocycles. The second-order valence-corrected chi connectivity index (χ2v) is 13.0. The SMILES string of the molecule is Cc1c(-c2cccc(C(C)C)c2)c(=O)n(CC(c2ccccc2O)N(C)C(=O)OC(C)(C)C)c(=O)n1Cc1c(F)cccc1C(F)(F)F. The van der Waals surface area contributed by atoms with E-state index < -0.39 is 65.2 Å². The van der Waals surface area contributed by atoms with Crippen molar-refractivity contribution in [2.45, 2.75) is 78.4 Å². The molecule has 0 saturated carbocycles. The Balaban J connectivity index is 2.03. The Hall–Kier alpha value is -4.87. The molecule has 8 nitrogen and oxygen atoms in total. The fourth-order valence-electron chi connectivity index (χ4n) is 5.51. The molecule has 48 heavy (non-hydrogen) atoms. The molecule has 0 bridgehead atoms. The molecule has 0 radical (unpaired) electrons. The van der Waals surface area contributed by atoms with Gasteiger partial charge in [0.05, 0.1) is 30.3 Å². The highest BCUT2D eigenvalue weighted by atomic mass is 19.4. The first kappa shape index (κ1) is 36.0. The van der Waals surface area contributed by atoms with Crippen LogP contribution in [0, 0.1) is 12.7 Å². The number of alkyl halides is 3. The number of ether oxygens (including phenoxy) is 1. The van der Waals surface area contributed by atoms with Crippen molar-refractivity contribution in [3.8, 4) is 16.9 Å². The van der Waals surface area contributed by atoms with E-state index in [2.05, 4.69) is 0 Å². The standard InChI is InChI=1S/C36H39F4N3O5/c1-21(2)23-12-10-13-24(18-23)31-22(3)42(19-26-27(36(38,39)40)15-11-16-28(26)37)33(46)43(32(31)45)20-29(25-14-8-9-17-30(25)44)41(7)34(47)48-35(4,5)6/h8-18,21,29,44H,19-20H2,1-7H3. The maximum atomic E-state index is 15.1. The first-order chi connectivity index (χ1) is 22.3. The van der Waals surface area contributed by atoms with Crippen LogP contribution in [0.25, 0.3) is 11.1 Å². The summed E-state index contributed by atoms with van der Waals surface area (Å²) in [6, 6.07) is 14.4. The van der Waals surface area contributed by atoms with Crippen LogP contribution < -0.4 is 11.2 Å². The number of nitrogens with zero attached hydrogens (tertiary/aromatic N) is 3. The lowest BCUT2D eigenvalue weighted by molar-refractivity contribution is -0.138. The maximum Gasteiger partial charge on any atom is 0.416 e. The van der Waals surface area contributed by atoms with Crippen molar-refractivity contribution in [3.63, 3.8) is 0 Å². The van der Waals surface area contributed by atoms with E-state index in [4.69, 9.17) is 4.74 Å². The van der Waals surface area contributed by atoms with Gasteiger partial charge in [-0.05, 0) is 62.9 Å². The molecule has 0 saturated heterocycles. The minimum atomic E-state index is -4.93. The normalized spacial score (nSPS) is 12.7. The van der Waals surface area contributed by atoms with Crippen LogP contribution in [0.5, 0.6) is 5.75 Å². The second kappa shape index (κ2) is 13.7. The fourth-order valence-corrected chi connectivity index (χ4v) is 5.51. The summed E-state index contributed by atoms with van der Waals surface area (Å²) in [6.07, 6.45) is -5.74. The van der Waals surface area contributed by atoms with Gasteiger partial charge in [0.25, 0.3) is 5.56 Å². The maximum absolute atomic E-state index is 15.1. The highest BCUT2D eigenvalue weighted by Crippen LogP contribution is 2.34. The predicted octanol–water partition coefficient (Wildman–Crippen LogP) is 7.63. The van der Waals surface area contributed by atoms with Crippen molar-refractivity contribution in [3.05, 3.63) is 121 Å². The lowest BCUT2D eigenvalue weighted by atomic mass is 9.97. The number of benzene rings is 3. The van der Waals surface area contributed by atoms with E-state index in [1.807, 2.05) is 19.9 Å². The molecule has 4 aromatic rings. The zero-order valence-corrected chi connectivity index (χ0v) is 27.9. The van der Waals surface area contributed by atoms with Gasteiger partial charge < -0.3 is 14.7 Å². The number of para-hydroxylation sites is 1. The van der Waals surface area contributed by atoms with Crippen LogP contribution in [0.15, 0.2) is 76.3 Å². The molecule has 1 amide bonds. The lowest BCUT2D eigenvalue weighted by Crippen LogP contribution is -2.46. The zero-order chi connectivity index (χ0) is 35.7. The van der Waals surface area contributed by atoms with E-state index in [1.165, 1.54) is 26.1 Å². The number of hydrogen-bond donors (Lipinski definition) is 1. The monoisotopic (exact) mass is 669 g/mol. The topological polar surface area (TPSA) is 93.8 Å². The molecule has 1 aromatic heterocycles. The highest BCUT2D eigenvalue weighted by molar-refractivity contribution is 5.69. The number of likely N-dealkylation sites (N-methyl/N-ethyl adjacent to an activating group) is 1.